The summed E-state index contributed by atoms with van der Waals surface area (Å²) in [5.41, 5.74) is 6.83. The van der Waals surface area contributed by atoms with Crippen LogP contribution < -0.4 is 4.74 Å². The zero-order valence-electron chi connectivity index (χ0n) is 21.9. The number of phenolic OH excluding ortho intramolecular Hbond substituents is 1. The number of pyridine rings is 1. The van der Waals surface area contributed by atoms with Crippen molar-refractivity contribution in [2.45, 2.75) is 45.1 Å². The van der Waals surface area contributed by atoms with E-state index in [1.165, 1.54) is 5.57 Å². The molecule has 1 aliphatic carbocycles. The van der Waals surface area contributed by atoms with Gasteiger partial charge in [-0.2, -0.15) is 0 Å². The highest BCUT2D eigenvalue weighted by atomic mass is 19.1. The van der Waals surface area contributed by atoms with Crippen molar-refractivity contribution in [1.82, 2.24) is 9.88 Å². The van der Waals surface area contributed by atoms with Gasteiger partial charge in [-0.3, -0.25) is 9.29 Å². The molecule has 1 N–H and O–H groups in total. The third-order valence-corrected chi connectivity index (χ3v) is 7.06. The molecule has 0 spiro atoms. The first kappa shape index (κ1) is 26.7. The molecule has 37 heavy (non-hydrogen) atoms. The number of nitrogens with zero attached hydrogens (tertiary/aromatic N) is 2. The molecule has 2 aromatic rings. The highest BCUT2D eigenvalue weighted by Crippen LogP contribution is 2.41. The fourth-order valence-electron chi connectivity index (χ4n) is 5.24. The molecule has 0 saturated carbocycles. The van der Waals surface area contributed by atoms with E-state index in [-0.39, 0.29) is 18.5 Å². The number of methoxy groups -OCH3 is 1. The molecule has 1 aromatic heterocycles. The van der Waals surface area contributed by atoms with Crippen LogP contribution in [0.4, 0.5) is 4.39 Å². The van der Waals surface area contributed by atoms with Crippen LogP contribution in [0.3, 0.4) is 0 Å². The summed E-state index contributed by atoms with van der Waals surface area (Å²) in [4.78, 5) is 6.55. The molecule has 1 fully saturated rings. The topological polar surface area (TPSA) is 54.8 Å². The lowest BCUT2D eigenvalue weighted by molar-refractivity contribution is 0.129. The van der Waals surface area contributed by atoms with Crippen molar-refractivity contribution in [3.05, 3.63) is 89.4 Å². The van der Waals surface area contributed by atoms with Gasteiger partial charge in [-0.1, -0.05) is 18.7 Å². The van der Waals surface area contributed by atoms with Gasteiger partial charge in [-0.15, -0.1) is 0 Å². The third-order valence-electron chi connectivity index (χ3n) is 7.06. The Balaban J connectivity index is 1.68. The molecule has 196 valence electrons. The average Bonchev–Trinajstić information content (AvgIpc) is 3.28. The minimum Gasteiger partial charge on any atom is -0.508 e. The quantitative estimate of drug-likeness (QED) is 0.295. The minimum absolute atomic E-state index is 0.0817. The number of likely N-dealkylation sites (tertiary alicyclic amines) is 1. The molecule has 1 atom stereocenters. The highest BCUT2D eigenvalue weighted by molar-refractivity contribution is 5.99. The van der Waals surface area contributed by atoms with Gasteiger partial charge in [0.15, 0.2) is 0 Å². The molecule has 1 aromatic carbocycles. The summed E-state index contributed by atoms with van der Waals surface area (Å²) in [6.45, 7) is 8.30. The number of allylic oxidation sites excluding steroid dienone is 6. The number of fused-ring (bicyclic) bond motifs is 1. The fourth-order valence-corrected chi connectivity index (χ4v) is 5.24. The van der Waals surface area contributed by atoms with Gasteiger partial charge in [-0.05, 0) is 103 Å². The number of halogens is 1. The summed E-state index contributed by atoms with van der Waals surface area (Å²) in [7, 11) is 1.63. The van der Waals surface area contributed by atoms with Gasteiger partial charge in [0, 0.05) is 31.9 Å². The second kappa shape index (κ2) is 12.7. The Labute approximate surface area is 219 Å². The van der Waals surface area contributed by atoms with Crippen LogP contribution in [0.25, 0.3) is 11.1 Å². The number of alkyl halides is 1. The summed E-state index contributed by atoms with van der Waals surface area (Å²) in [5.74, 6) is 1.60. The van der Waals surface area contributed by atoms with Crippen LogP contribution in [-0.2, 0) is 11.2 Å². The molecule has 4 rings (SSSR count). The third kappa shape index (κ3) is 6.69. The SMILES string of the molecule is C=C/C(=C\C=C(/C)C1=C(c2ccnc(OC)c2)CCCc2cc(O)ccc21)O[C@H]1CCN(CCCF)C1. The summed E-state index contributed by atoms with van der Waals surface area (Å²) >= 11 is 0. The van der Waals surface area contributed by atoms with Gasteiger partial charge in [0.1, 0.15) is 17.6 Å². The Hall–Kier alpha value is -3.38. The van der Waals surface area contributed by atoms with Crippen LogP contribution in [0, 0.1) is 0 Å². The van der Waals surface area contributed by atoms with Crippen molar-refractivity contribution < 1.29 is 19.0 Å². The molecule has 2 heterocycles. The Bertz CT molecular complexity index is 1200. The first-order valence-corrected chi connectivity index (χ1v) is 13.0. The lowest BCUT2D eigenvalue weighted by Crippen LogP contribution is -2.24. The molecule has 0 bridgehead atoms. The number of benzene rings is 1. The predicted molar refractivity (Wildman–Crippen MR) is 147 cm³/mol. The van der Waals surface area contributed by atoms with Crippen molar-refractivity contribution in [3.8, 4) is 11.6 Å². The number of ether oxygens (including phenoxy) is 2. The van der Waals surface area contributed by atoms with Crippen LogP contribution in [0.15, 0.2) is 72.7 Å². The van der Waals surface area contributed by atoms with E-state index < -0.39 is 0 Å². The predicted octanol–water partition coefficient (Wildman–Crippen LogP) is 6.51. The fraction of sp³-hybridized carbons (Fsp3) is 0.387. The number of rotatable bonds is 10. The van der Waals surface area contributed by atoms with Crippen molar-refractivity contribution in [3.63, 3.8) is 0 Å². The number of hydrogen-bond acceptors (Lipinski definition) is 5. The van der Waals surface area contributed by atoms with Crippen molar-refractivity contribution in [2.24, 2.45) is 0 Å². The van der Waals surface area contributed by atoms with E-state index in [1.807, 2.05) is 30.3 Å². The van der Waals surface area contributed by atoms with Gasteiger partial charge in [0.2, 0.25) is 5.88 Å². The molecule has 1 aliphatic heterocycles. The van der Waals surface area contributed by atoms with Crippen LogP contribution in [-0.4, -0.2) is 54.5 Å². The summed E-state index contributed by atoms with van der Waals surface area (Å²) in [5, 5.41) is 10.2. The number of hydrogen-bond donors (Lipinski definition) is 1. The minimum atomic E-state index is -0.281. The molecule has 5 nitrogen and oxygen atoms in total. The molecule has 6 heteroatoms. The Morgan fingerprint density at radius 3 is 2.89 bits per heavy atom. The zero-order valence-corrected chi connectivity index (χ0v) is 21.9. The van der Waals surface area contributed by atoms with E-state index >= 15 is 0 Å². The molecular formula is C31H37FN2O3. The number of aryl methyl sites for hydroxylation is 1. The number of aromatic nitrogens is 1. The maximum atomic E-state index is 12.5. The Morgan fingerprint density at radius 1 is 1.24 bits per heavy atom. The second-order valence-corrected chi connectivity index (χ2v) is 9.63. The average molecular weight is 505 g/mol. The van der Waals surface area contributed by atoms with E-state index in [0.29, 0.717) is 12.3 Å². The van der Waals surface area contributed by atoms with Crippen molar-refractivity contribution in [2.75, 3.05) is 33.4 Å². The zero-order chi connectivity index (χ0) is 26.2. The highest BCUT2D eigenvalue weighted by Gasteiger charge is 2.24. The summed E-state index contributed by atoms with van der Waals surface area (Å²) in [6.07, 6.45) is 11.9. The maximum absolute atomic E-state index is 12.5. The van der Waals surface area contributed by atoms with Gasteiger partial charge >= 0.3 is 0 Å². The van der Waals surface area contributed by atoms with Crippen LogP contribution in [0.5, 0.6) is 11.6 Å². The normalized spacial score (nSPS) is 18.9. The molecule has 2 aliphatic rings. The lowest BCUT2D eigenvalue weighted by atomic mass is 9.88. The smallest absolute Gasteiger partial charge is 0.213 e. The summed E-state index contributed by atoms with van der Waals surface area (Å²) in [6, 6.07) is 9.66. The summed E-state index contributed by atoms with van der Waals surface area (Å²) < 4.78 is 24.2. The van der Waals surface area contributed by atoms with E-state index in [1.54, 1.807) is 25.4 Å². The van der Waals surface area contributed by atoms with Gasteiger partial charge in [0.25, 0.3) is 0 Å². The molecular weight excluding hydrogens is 467 g/mol. The Morgan fingerprint density at radius 2 is 2.11 bits per heavy atom. The first-order valence-electron chi connectivity index (χ1n) is 13.0. The second-order valence-electron chi connectivity index (χ2n) is 9.63. The van der Waals surface area contributed by atoms with Crippen molar-refractivity contribution in [1.29, 1.82) is 0 Å². The van der Waals surface area contributed by atoms with Gasteiger partial charge in [0.05, 0.1) is 13.8 Å². The van der Waals surface area contributed by atoms with Gasteiger partial charge < -0.3 is 14.6 Å². The largest absolute Gasteiger partial charge is 0.508 e. The molecule has 1 saturated heterocycles. The molecule has 0 radical (unpaired) electrons. The van der Waals surface area contributed by atoms with Crippen LogP contribution in [0.2, 0.25) is 0 Å². The maximum Gasteiger partial charge on any atom is 0.213 e. The van der Waals surface area contributed by atoms with E-state index in [4.69, 9.17) is 9.47 Å². The Kier molecular flexibility index (Phi) is 9.18. The molecule has 0 unspecified atom stereocenters. The monoisotopic (exact) mass is 504 g/mol. The molecule has 0 amide bonds. The standard InChI is InChI=1S/C31H37FN2O3/c1-4-26(37-27-14-18-34(21-27)17-6-15-32)11-9-22(2)31-28(24-13-16-33-30(20-24)36-3)8-5-7-23-19-25(35)10-12-29(23)31/h4,9-13,16,19-20,27,35H,1,5-8,14-15,17-18,21H2,2-3H3/b22-9+,26-11+/t27-/m0/s1. The first-order chi connectivity index (χ1) is 18.0. The number of aromatic hydroxyl groups is 1. The van der Waals surface area contributed by atoms with Gasteiger partial charge in [-0.25, -0.2) is 4.98 Å². The van der Waals surface area contributed by atoms with E-state index in [9.17, 15) is 9.50 Å². The van der Waals surface area contributed by atoms with E-state index in [2.05, 4.69) is 29.5 Å². The van der Waals surface area contributed by atoms with Crippen LogP contribution in [0.1, 0.15) is 49.3 Å². The van der Waals surface area contributed by atoms with Crippen molar-refractivity contribution >= 4 is 11.1 Å². The lowest BCUT2D eigenvalue weighted by Gasteiger charge is -2.18. The number of phenols is 1. The van der Waals surface area contributed by atoms with E-state index in [0.717, 1.165) is 78.9 Å². The van der Waals surface area contributed by atoms with Crippen LogP contribution >= 0.6 is 0 Å².